The third-order valence-corrected chi connectivity index (χ3v) is 5.95. The molecule has 2 saturated heterocycles. The van der Waals surface area contributed by atoms with Crippen LogP contribution in [0.4, 0.5) is 4.79 Å². The monoisotopic (exact) mass is 430 g/mol. The van der Waals surface area contributed by atoms with Crippen molar-refractivity contribution in [1.82, 2.24) is 20.0 Å². The Hall–Kier alpha value is -3.87. The third kappa shape index (κ3) is 4.14. The van der Waals surface area contributed by atoms with Gasteiger partial charge in [-0.1, -0.05) is 73.8 Å². The van der Waals surface area contributed by atoms with Gasteiger partial charge in [0, 0.05) is 13.1 Å². The van der Waals surface area contributed by atoms with E-state index in [1.807, 2.05) is 48.5 Å². The molecule has 7 nitrogen and oxygen atoms in total. The molecule has 164 valence electrons. The van der Waals surface area contributed by atoms with Gasteiger partial charge in [-0.25, -0.2) is 4.79 Å². The highest BCUT2D eigenvalue weighted by Gasteiger charge is 2.46. The summed E-state index contributed by atoms with van der Waals surface area (Å²) in [5, 5.41) is 2.88. The van der Waals surface area contributed by atoms with Gasteiger partial charge in [0.1, 0.15) is 19.3 Å². The van der Waals surface area contributed by atoms with Gasteiger partial charge in [-0.15, -0.1) is 0 Å². The maximum Gasteiger partial charge on any atom is 0.319 e. The van der Waals surface area contributed by atoms with Crippen LogP contribution in [0.2, 0.25) is 0 Å². The molecular weight excluding hydrogens is 404 g/mol. The Labute approximate surface area is 187 Å². The van der Waals surface area contributed by atoms with Gasteiger partial charge in [0.15, 0.2) is 0 Å². The Morgan fingerprint density at radius 3 is 2.50 bits per heavy atom. The normalized spacial score (nSPS) is 17.9. The first kappa shape index (κ1) is 21.4. The summed E-state index contributed by atoms with van der Waals surface area (Å²) >= 11 is 0. The van der Waals surface area contributed by atoms with Gasteiger partial charge < -0.3 is 15.1 Å². The highest BCUT2D eigenvalue weighted by atomic mass is 16.2. The number of nitrogens with one attached hydrogen (secondary N) is 1. The van der Waals surface area contributed by atoms with Crippen LogP contribution in [0, 0.1) is 0 Å². The van der Waals surface area contributed by atoms with Crippen molar-refractivity contribution in [2.45, 2.75) is 19.3 Å². The zero-order valence-corrected chi connectivity index (χ0v) is 17.9. The number of hydrogen-bond acceptors (Lipinski definition) is 3. The Kier molecular flexibility index (Phi) is 6.07. The summed E-state index contributed by atoms with van der Waals surface area (Å²) < 4.78 is 0. The summed E-state index contributed by atoms with van der Waals surface area (Å²) in [6, 6.07) is 15.1. The van der Waals surface area contributed by atoms with Crippen molar-refractivity contribution < 1.29 is 14.4 Å². The SMILES string of the molecule is C=Cc1cccc(CN2CC3N(CC2=O)C(=O)CN3C(=O)NCc2ccccc2)c1C=C. The lowest BCUT2D eigenvalue weighted by atomic mass is 10.00. The second-order valence-electron chi connectivity index (χ2n) is 7.88. The van der Waals surface area contributed by atoms with E-state index in [1.54, 1.807) is 17.1 Å². The summed E-state index contributed by atoms with van der Waals surface area (Å²) in [4.78, 5) is 42.9. The molecule has 1 atom stereocenters. The van der Waals surface area contributed by atoms with Crippen LogP contribution in [-0.4, -0.2) is 58.3 Å². The number of benzene rings is 2. The fraction of sp³-hybridized carbons (Fsp3) is 0.240. The molecule has 32 heavy (non-hydrogen) atoms. The molecule has 2 aliphatic rings. The first-order valence-corrected chi connectivity index (χ1v) is 10.5. The molecule has 1 N–H and O–H groups in total. The zero-order chi connectivity index (χ0) is 22.7. The van der Waals surface area contributed by atoms with Crippen molar-refractivity contribution in [3.8, 4) is 0 Å². The standard InChI is InChI=1S/C25H26N4O3/c1-3-19-11-8-12-20(21(19)4-2)14-27-15-22-28(16-23(27)30)24(31)17-29(22)25(32)26-13-18-9-6-5-7-10-18/h3-12,22H,1-2,13-17H2,(H,26,32). The fourth-order valence-corrected chi connectivity index (χ4v) is 4.25. The van der Waals surface area contributed by atoms with Gasteiger partial charge in [0.25, 0.3) is 0 Å². The topological polar surface area (TPSA) is 73.0 Å². The van der Waals surface area contributed by atoms with Gasteiger partial charge in [-0.2, -0.15) is 0 Å². The Balaban J connectivity index is 1.49. The molecule has 7 heteroatoms. The molecule has 4 amide bonds. The molecule has 0 radical (unpaired) electrons. The minimum atomic E-state index is -0.481. The van der Waals surface area contributed by atoms with E-state index in [4.69, 9.17) is 0 Å². The number of nitrogens with zero attached hydrogens (tertiary/aromatic N) is 3. The number of urea groups is 1. The average Bonchev–Trinajstić information content (AvgIpc) is 3.13. The minimum absolute atomic E-state index is 0.0312. The second-order valence-corrected chi connectivity index (χ2v) is 7.88. The second kappa shape index (κ2) is 9.09. The van der Waals surface area contributed by atoms with Crippen LogP contribution >= 0.6 is 0 Å². The van der Waals surface area contributed by atoms with Crippen LogP contribution < -0.4 is 5.32 Å². The molecular formula is C25H26N4O3. The molecule has 2 aromatic rings. The predicted octanol–water partition coefficient (Wildman–Crippen LogP) is 2.69. The minimum Gasteiger partial charge on any atom is -0.334 e. The molecule has 2 heterocycles. The smallest absolute Gasteiger partial charge is 0.319 e. The van der Waals surface area contributed by atoms with Crippen molar-refractivity contribution in [2.24, 2.45) is 0 Å². The fourth-order valence-electron chi connectivity index (χ4n) is 4.25. The number of hydrogen-bond donors (Lipinski definition) is 1. The first-order chi connectivity index (χ1) is 15.5. The molecule has 1 unspecified atom stereocenters. The largest absolute Gasteiger partial charge is 0.334 e. The van der Waals surface area contributed by atoms with Crippen LogP contribution in [0.15, 0.2) is 61.7 Å². The summed E-state index contributed by atoms with van der Waals surface area (Å²) in [7, 11) is 0. The number of fused-ring (bicyclic) bond motifs is 1. The van der Waals surface area contributed by atoms with Crippen molar-refractivity contribution in [1.29, 1.82) is 0 Å². The number of piperazine rings is 1. The molecule has 0 spiro atoms. The Bertz CT molecular complexity index is 1070. The van der Waals surface area contributed by atoms with E-state index in [9.17, 15) is 14.4 Å². The van der Waals surface area contributed by atoms with E-state index in [2.05, 4.69) is 18.5 Å². The van der Waals surface area contributed by atoms with Crippen LogP contribution in [0.1, 0.15) is 22.3 Å². The molecule has 0 bridgehead atoms. The maximum atomic E-state index is 12.9. The number of rotatable bonds is 6. The average molecular weight is 431 g/mol. The Morgan fingerprint density at radius 1 is 1.00 bits per heavy atom. The quantitative estimate of drug-likeness (QED) is 0.766. The number of amides is 4. The zero-order valence-electron chi connectivity index (χ0n) is 17.9. The van der Waals surface area contributed by atoms with E-state index in [-0.39, 0.29) is 37.5 Å². The van der Waals surface area contributed by atoms with Gasteiger partial charge in [0.2, 0.25) is 11.8 Å². The van der Waals surface area contributed by atoms with Crippen molar-refractivity contribution >= 4 is 30.0 Å². The van der Waals surface area contributed by atoms with Crippen LogP contribution in [0.5, 0.6) is 0 Å². The molecule has 4 rings (SSSR count). The summed E-state index contributed by atoms with van der Waals surface area (Å²) in [5.41, 5.74) is 3.80. The summed E-state index contributed by atoms with van der Waals surface area (Å²) in [5.74, 6) is -0.349. The lowest BCUT2D eigenvalue weighted by molar-refractivity contribution is -0.146. The third-order valence-electron chi connectivity index (χ3n) is 5.95. The highest BCUT2D eigenvalue weighted by molar-refractivity contribution is 5.92. The lowest BCUT2D eigenvalue weighted by Crippen LogP contribution is -2.59. The van der Waals surface area contributed by atoms with Crippen molar-refractivity contribution in [3.63, 3.8) is 0 Å². The molecule has 2 fully saturated rings. The summed E-state index contributed by atoms with van der Waals surface area (Å²) in [6.45, 7) is 8.68. The molecule has 0 saturated carbocycles. The lowest BCUT2D eigenvalue weighted by Gasteiger charge is -2.39. The van der Waals surface area contributed by atoms with E-state index in [1.165, 1.54) is 9.80 Å². The Morgan fingerprint density at radius 2 is 1.78 bits per heavy atom. The van der Waals surface area contributed by atoms with E-state index < -0.39 is 6.17 Å². The maximum absolute atomic E-state index is 12.9. The van der Waals surface area contributed by atoms with Crippen LogP contribution in [-0.2, 0) is 22.7 Å². The molecule has 0 aliphatic carbocycles. The number of carbonyl (C=O) groups is 3. The first-order valence-electron chi connectivity index (χ1n) is 10.5. The van der Waals surface area contributed by atoms with Crippen molar-refractivity contribution in [2.75, 3.05) is 19.6 Å². The van der Waals surface area contributed by atoms with Gasteiger partial charge in [-0.05, 0) is 22.3 Å². The predicted molar refractivity (Wildman–Crippen MR) is 123 cm³/mol. The van der Waals surface area contributed by atoms with E-state index in [0.29, 0.717) is 13.1 Å². The van der Waals surface area contributed by atoms with E-state index in [0.717, 1.165) is 22.3 Å². The van der Waals surface area contributed by atoms with E-state index >= 15 is 0 Å². The van der Waals surface area contributed by atoms with Crippen molar-refractivity contribution in [3.05, 3.63) is 83.9 Å². The van der Waals surface area contributed by atoms with Crippen LogP contribution in [0.3, 0.4) is 0 Å². The van der Waals surface area contributed by atoms with Gasteiger partial charge in [-0.3, -0.25) is 14.5 Å². The van der Waals surface area contributed by atoms with Gasteiger partial charge in [0.05, 0.1) is 6.54 Å². The van der Waals surface area contributed by atoms with Gasteiger partial charge >= 0.3 is 6.03 Å². The molecule has 2 aliphatic heterocycles. The highest BCUT2D eigenvalue weighted by Crippen LogP contribution is 2.25. The molecule has 2 aromatic carbocycles. The molecule has 0 aromatic heterocycles. The number of carbonyl (C=O) groups excluding carboxylic acids is 3. The summed E-state index contributed by atoms with van der Waals surface area (Å²) in [6.07, 6.45) is 3.04. The van der Waals surface area contributed by atoms with Crippen LogP contribution in [0.25, 0.3) is 12.2 Å².